The number of rotatable bonds is 2. The van der Waals surface area contributed by atoms with Gasteiger partial charge in [0.05, 0.1) is 31.2 Å². The van der Waals surface area contributed by atoms with E-state index in [1.807, 2.05) is 18.2 Å². The molecule has 0 aromatic heterocycles. The monoisotopic (exact) mass is 336 g/mol. The van der Waals surface area contributed by atoms with E-state index in [0.717, 1.165) is 0 Å². The standard InChI is InChI=1S/C18H16N4O3/c1-11-16(2)24-14(12-5-4-6-13(7-12)23-3)18(10-21,15(22)25-16)17(11,8-19)9-20/h4-7,11,14,22H,1-3H3/t11-,14+,16-,18-/m0/s1. The van der Waals surface area contributed by atoms with E-state index >= 15 is 0 Å². The number of benzene rings is 1. The van der Waals surface area contributed by atoms with Crippen molar-refractivity contribution < 1.29 is 14.2 Å². The molecule has 3 aliphatic heterocycles. The molecule has 3 aliphatic rings. The van der Waals surface area contributed by atoms with Crippen LogP contribution in [0.5, 0.6) is 5.75 Å². The van der Waals surface area contributed by atoms with Gasteiger partial charge in [0.25, 0.3) is 0 Å². The molecular weight excluding hydrogens is 320 g/mol. The summed E-state index contributed by atoms with van der Waals surface area (Å²) < 4.78 is 16.8. The summed E-state index contributed by atoms with van der Waals surface area (Å²) in [5.74, 6) is -1.97. The fourth-order valence-corrected chi connectivity index (χ4v) is 3.77. The summed E-state index contributed by atoms with van der Waals surface area (Å²) in [4.78, 5) is 0. The first-order chi connectivity index (χ1) is 11.8. The van der Waals surface area contributed by atoms with Gasteiger partial charge in [0, 0.05) is 6.92 Å². The Labute approximate surface area is 145 Å². The minimum atomic E-state index is -1.87. The van der Waals surface area contributed by atoms with Gasteiger partial charge in [-0.05, 0) is 17.7 Å². The predicted octanol–water partition coefficient (Wildman–Crippen LogP) is 2.67. The van der Waals surface area contributed by atoms with Gasteiger partial charge in [0.15, 0.2) is 10.8 Å². The van der Waals surface area contributed by atoms with Gasteiger partial charge in [-0.3, -0.25) is 5.41 Å². The average molecular weight is 336 g/mol. The maximum Gasteiger partial charge on any atom is 0.215 e. The molecule has 7 heteroatoms. The SMILES string of the molecule is COc1cccc([C@H]2O[C@@]3(C)OC(=N)[C@@]2(C#N)C(C#N)(C#N)[C@H]3C)c1. The van der Waals surface area contributed by atoms with Crippen LogP contribution in [0.25, 0.3) is 0 Å². The van der Waals surface area contributed by atoms with E-state index in [2.05, 4.69) is 0 Å². The predicted molar refractivity (Wildman–Crippen MR) is 84.9 cm³/mol. The first-order valence-electron chi connectivity index (χ1n) is 7.68. The minimum Gasteiger partial charge on any atom is -0.497 e. The molecule has 1 aromatic rings. The molecule has 0 saturated carbocycles. The number of methoxy groups -OCH3 is 1. The molecule has 126 valence electrons. The van der Waals surface area contributed by atoms with Crippen molar-refractivity contribution in [3.8, 4) is 24.0 Å². The number of nitrogens with zero attached hydrogens (tertiary/aromatic N) is 3. The third-order valence-electron chi connectivity index (χ3n) is 5.39. The summed E-state index contributed by atoms with van der Waals surface area (Å²) >= 11 is 0. The molecule has 3 heterocycles. The quantitative estimate of drug-likeness (QED) is 0.885. The Hall–Kier alpha value is -3.08. The average Bonchev–Trinajstić information content (AvgIpc) is 2.63. The van der Waals surface area contributed by atoms with Crippen molar-refractivity contribution in [3.63, 3.8) is 0 Å². The second-order valence-electron chi connectivity index (χ2n) is 6.39. The van der Waals surface area contributed by atoms with Gasteiger partial charge in [-0.1, -0.05) is 19.1 Å². The van der Waals surface area contributed by atoms with Crippen LogP contribution in [0.2, 0.25) is 0 Å². The Morgan fingerprint density at radius 2 is 1.88 bits per heavy atom. The highest BCUT2D eigenvalue weighted by atomic mass is 16.7. The Morgan fingerprint density at radius 3 is 2.44 bits per heavy atom. The van der Waals surface area contributed by atoms with Crippen molar-refractivity contribution in [2.75, 3.05) is 7.11 Å². The third-order valence-corrected chi connectivity index (χ3v) is 5.39. The summed E-state index contributed by atoms with van der Waals surface area (Å²) in [5, 5.41) is 38.1. The van der Waals surface area contributed by atoms with E-state index in [4.69, 9.17) is 19.6 Å². The van der Waals surface area contributed by atoms with Gasteiger partial charge in [-0.25, -0.2) is 0 Å². The van der Waals surface area contributed by atoms with Crippen molar-refractivity contribution >= 4 is 5.90 Å². The summed E-state index contributed by atoms with van der Waals surface area (Å²) in [6.45, 7) is 3.22. The van der Waals surface area contributed by atoms with Crippen molar-refractivity contribution in [3.05, 3.63) is 29.8 Å². The van der Waals surface area contributed by atoms with Crippen molar-refractivity contribution in [1.82, 2.24) is 0 Å². The zero-order chi connectivity index (χ0) is 18.5. The van der Waals surface area contributed by atoms with Gasteiger partial charge in [0.1, 0.15) is 11.9 Å². The lowest BCUT2D eigenvalue weighted by atomic mass is 9.51. The number of ether oxygens (including phenoxy) is 3. The Bertz CT molecular complexity index is 864. The maximum atomic E-state index is 10.0. The molecule has 3 saturated heterocycles. The lowest BCUT2D eigenvalue weighted by molar-refractivity contribution is -0.338. The van der Waals surface area contributed by atoms with Gasteiger partial charge in [-0.15, -0.1) is 0 Å². The molecule has 0 radical (unpaired) electrons. The number of nitrogens with one attached hydrogen (secondary N) is 1. The highest BCUT2D eigenvalue weighted by Gasteiger charge is 2.78. The fourth-order valence-electron chi connectivity index (χ4n) is 3.77. The highest BCUT2D eigenvalue weighted by molar-refractivity contribution is 5.88. The molecule has 0 aliphatic carbocycles. The van der Waals surface area contributed by atoms with Crippen LogP contribution in [0, 0.1) is 56.2 Å². The van der Waals surface area contributed by atoms with Crippen LogP contribution in [-0.4, -0.2) is 18.8 Å². The van der Waals surface area contributed by atoms with Crippen molar-refractivity contribution in [1.29, 1.82) is 21.2 Å². The zero-order valence-electron chi connectivity index (χ0n) is 14.0. The normalized spacial score (nSPS) is 35.0. The molecule has 0 spiro atoms. The molecule has 2 bridgehead atoms. The Kier molecular flexibility index (Phi) is 3.49. The smallest absolute Gasteiger partial charge is 0.215 e. The minimum absolute atomic E-state index is 0.419. The summed E-state index contributed by atoms with van der Waals surface area (Å²) in [6.07, 6.45) is -1.01. The zero-order valence-corrected chi connectivity index (χ0v) is 14.0. The van der Waals surface area contributed by atoms with Crippen molar-refractivity contribution in [2.45, 2.75) is 25.7 Å². The van der Waals surface area contributed by atoms with Crippen LogP contribution >= 0.6 is 0 Å². The summed E-state index contributed by atoms with van der Waals surface area (Å²) in [6, 6.07) is 12.9. The molecule has 7 nitrogen and oxygen atoms in total. The second kappa shape index (κ2) is 5.21. The van der Waals surface area contributed by atoms with E-state index in [1.54, 1.807) is 38.1 Å². The van der Waals surface area contributed by atoms with Gasteiger partial charge >= 0.3 is 0 Å². The molecule has 3 fully saturated rings. The van der Waals surface area contributed by atoms with Crippen LogP contribution in [0.3, 0.4) is 0 Å². The second-order valence-corrected chi connectivity index (χ2v) is 6.39. The van der Waals surface area contributed by atoms with Crippen LogP contribution < -0.4 is 4.74 Å². The number of hydrogen-bond acceptors (Lipinski definition) is 7. The molecule has 4 atom stereocenters. The van der Waals surface area contributed by atoms with E-state index in [0.29, 0.717) is 11.3 Å². The number of fused-ring (bicyclic) bond motifs is 3. The fraction of sp³-hybridized carbons (Fsp3) is 0.444. The lowest BCUT2D eigenvalue weighted by Gasteiger charge is -2.60. The molecule has 4 rings (SSSR count). The lowest BCUT2D eigenvalue weighted by Crippen LogP contribution is -2.71. The van der Waals surface area contributed by atoms with E-state index < -0.39 is 34.5 Å². The largest absolute Gasteiger partial charge is 0.497 e. The summed E-state index contributed by atoms with van der Waals surface area (Å²) in [5.41, 5.74) is -3.11. The molecule has 1 aromatic carbocycles. The molecule has 1 N–H and O–H groups in total. The molecule has 0 unspecified atom stereocenters. The Balaban J connectivity index is 2.32. The topological polar surface area (TPSA) is 123 Å². The molecular formula is C18H16N4O3. The maximum absolute atomic E-state index is 10.0. The van der Waals surface area contributed by atoms with Gasteiger partial charge in [-0.2, -0.15) is 15.8 Å². The first-order valence-corrected chi connectivity index (χ1v) is 7.68. The Morgan fingerprint density at radius 1 is 1.20 bits per heavy atom. The molecule has 25 heavy (non-hydrogen) atoms. The van der Waals surface area contributed by atoms with E-state index in [-0.39, 0.29) is 0 Å². The van der Waals surface area contributed by atoms with E-state index in [9.17, 15) is 15.8 Å². The van der Waals surface area contributed by atoms with E-state index in [1.165, 1.54) is 7.11 Å². The first kappa shape index (κ1) is 16.8. The van der Waals surface area contributed by atoms with Crippen LogP contribution in [0.15, 0.2) is 24.3 Å². The van der Waals surface area contributed by atoms with Gasteiger partial charge in [0.2, 0.25) is 11.7 Å². The van der Waals surface area contributed by atoms with Crippen LogP contribution in [-0.2, 0) is 9.47 Å². The number of nitriles is 3. The third kappa shape index (κ3) is 1.78. The number of hydrogen-bond donors (Lipinski definition) is 1. The van der Waals surface area contributed by atoms with Crippen LogP contribution in [0.1, 0.15) is 25.5 Å². The van der Waals surface area contributed by atoms with Crippen molar-refractivity contribution in [2.24, 2.45) is 16.7 Å². The van der Waals surface area contributed by atoms with Gasteiger partial charge < -0.3 is 14.2 Å². The highest BCUT2D eigenvalue weighted by Crippen LogP contribution is 2.66. The molecule has 0 amide bonds. The van der Waals surface area contributed by atoms with Crippen LogP contribution in [0.4, 0.5) is 0 Å². The summed E-state index contributed by atoms with van der Waals surface area (Å²) in [7, 11) is 1.51.